The van der Waals surface area contributed by atoms with Crippen molar-refractivity contribution in [3.63, 3.8) is 0 Å². The number of carbonyl (C=O) groups is 2. The number of rotatable bonds is 7. The number of thioether (sulfide) groups is 1. The highest BCUT2D eigenvalue weighted by atomic mass is 32.2. The molecule has 0 atom stereocenters. The van der Waals surface area contributed by atoms with Crippen molar-refractivity contribution in [3.05, 3.63) is 23.8 Å². The first kappa shape index (κ1) is 16.2. The second-order valence-electron chi connectivity index (χ2n) is 3.79. The van der Waals surface area contributed by atoms with Gasteiger partial charge >= 0.3 is 12.6 Å². The molecule has 0 fully saturated rings. The van der Waals surface area contributed by atoms with Gasteiger partial charge in [-0.15, -0.1) is 11.8 Å². The Morgan fingerprint density at radius 1 is 1.40 bits per heavy atom. The van der Waals surface area contributed by atoms with Crippen LogP contribution in [0.3, 0.4) is 0 Å². The summed E-state index contributed by atoms with van der Waals surface area (Å²) in [6.07, 6.45) is 0. The summed E-state index contributed by atoms with van der Waals surface area (Å²) in [5.41, 5.74) is 1.03. The molecule has 1 aromatic rings. The Hall–Kier alpha value is -1.83. The van der Waals surface area contributed by atoms with E-state index in [0.29, 0.717) is 11.3 Å². The van der Waals surface area contributed by atoms with Crippen LogP contribution in [-0.2, 0) is 9.59 Å². The van der Waals surface area contributed by atoms with Gasteiger partial charge in [0.1, 0.15) is 5.75 Å². The standard InChI is InChI=1S/C12H13F2NO4S/c1-7-4-8(19-12(13)14)2-3-9(7)15-10(16)5-20-6-11(17)18/h2-4,12H,5-6H2,1H3,(H,15,16)(H,17,18). The second-order valence-corrected chi connectivity index (χ2v) is 4.78. The topological polar surface area (TPSA) is 75.6 Å². The van der Waals surface area contributed by atoms with Crippen LogP contribution >= 0.6 is 11.8 Å². The average Bonchev–Trinajstić information content (AvgIpc) is 2.31. The molecule has 0 bridgehead atoms. The minimum Gasteiger partial charge on any atom is -0.481 e. The molecule has 0 aromatic heterocycles. The SMILES string of the molecule is Cc1cc(OC(F)F)ccc1NC(=O)CSCC(=O)O. The van der Waals surface area contributed by atoms with E-state index in [4.69, 9.17) is 5.11 Å². The van der Waals surface area contributed by atoms with Gasteiger partial charge in [-0.05, 0) is 30.7 Å². The summed E-state index contributed by atoms with van der Waals surface area (Å²) in [6.45, 7) is -1.26. The normalized spacial score (nSPS) is 10.4. The molecule has 5 nitrogen and oxygen atoms in total. The molecule has 0 radical (unpaired) electrons. The van der Waals surface area contributed by atoms with Crippen molar-refractivity contribution in [3.8, 4) is 5.75 Å². The van der Waals surface area contributed by atoms with Crippen molar-refractivity contribution >= 4 is 29.3 Å². The first-order chi connectivity index (χ1) is 9.38. The summed E-state index contributed by atoms with van der Waals surface area (Å²) in [5, 5.41) is 11.0. The number of carbonyl (C=O) groups excluding carboxylic acids is 1. The number of hydrogen-bond donors (Lipinski definition) is 2. The number of halogens is 2. The molecule has 1 amide bonds. The smallest absolute Gasteiger partial charge is 0.387 e. The molecular weight excluding hydrogens is 292 g/mol. The molecule has 8 heteroatoms. The van der Waals surface area contributed by atoms with Crippen LogP contribution in [0.4, 0.5) is 14.5 Å². The number of hydrogen-bond acceptors (Lipinski definition) is 4. The van der Waals surface area contributed by atoms with Crippen LogP contribution in [0.25, 0.3) is 0 Å². The lowest BCUT2D eigenvalue weighted by Crippen LogP contribution is -2.16. The molecule has 0 aliphatic heterocycles. The lowest BCUT2D eigenvalue weighted by molar-refractivity contribution is -0.133. The zero-order valence-electron chi connectivity index (χ0n) is 10.6. The summed E-state index contributed by atoms with van der Waals surface area (Å²) in [4.78, 5) is 21.8. The van der Waals surface area contributed by atoms with Gasteiger partial charge in [-0.1, -0.05) is 0 Å². The summed E-state index contributed by atoms with van der Waals surface area (Å²) in [7, 11) is 0. The fraction of sp³-hybridized carbons (Fsp3) is 0.333. The van der Waals surface area contributed by atoms with Crippen LogP contribution in [0.1, 0.15) is 5.56 Å². The van der Waals surface area contributed by atoms with E-state index in [-0.39, 0.29) is 23.2 Å². The van der Waals surface area contributed by atoms with Crippen LogP contribution in [0.2, 0.25) is 0 Å². The monoisotopic (exact) mass is 305 g/mol. The minimum absolute atomic E-state index is 0.00102. The Labute approximate surface area is 118 Å². The van der Waals surface area contributed by atoms with Crippen LogP contribution < -0.4 is 10.1 Å². The summed E-state index contributed by atoms with van der Waals surface area (Å²) in [5.74, 6) is -1.50. The number of ether oxygens (including phenoxy) is 1. The fourth-order valence-electron chi connectivity index (χ4n) is 1.37. The fourth-order valence-corrected chi connectivity index (χ4v) is 1.90. The van der Waals surface area contributed by atoms with Gasteiger partial charge in [-0.25, -0.2) is 0 Å². The second kappa shape index (κ2) is 7.68. The zero-order chi connectivity index (χ0) is 15.1. The first-order valence-corrected chi connectivity index (χ1v) is 6.69. The third-order valence-electron chi connectivity index (χ3n) is 2.16. The Balaban J connectivity index is 2.55. The Morgan fingerprint density at radius 2 is 2.10 bits per heavy atom. The Bertz CT molecular complexity index is 496. The van der Waals surface area contributed by atoms with E-state index in [1.165, 1.54) is 18.2 Å². The molecule has 0 heterocycles. The van der Waals surface area contributed by atoms with E-state index in [0.717, 1.165) is 11.8 Å². The molecule has 1 rings (SSSR count). The van der Waals surface area contributed by atoms with Gasteiger partial charge in [0.2, 0.25) is 5.91 Å². The number of aryl methyl sites for hydroxylation is 1. The van der Waals surface area contributed by atoms with Gasteiger partial charge in [0.25, 0.3) is 0 Å². The predicted octanol–water partition coefficient (Wildman–Crippen LogP) is 2.35. The third kappa shape index (κ3) is 5.87. The highest BCUT2D eigenvalue weighted by Gasteiger charge is 2.09. The Kier molecular flexibility index (Phi) is 6.23. The largest absolute Gasteiger partial charge is 0.481 e. The quantitative estimate of drug-likeness (QED) is 0.809. The average molecular weight is 305 g/mol. The van der Waals surface area contributed by atoms with E-state index in [2.05, 4.69) is 10.1 Å². The highest BCUT2D eigenvalue weighted by Crippen LogP contribution is 2.22. The van der Waals surface area contributed by atoms with E-state index < -0.39 is 12.6 Å². The van der Waals surface area contributed by atoms with Gasteiger partial charge in [0.15, 0.2) is 0 Å². The zero-order valence-corrected chi connectivity index (χ0v) is 11.4. The van der Waals surface area contributed by atoms with E-state index in [1.807, 2.05) is 0 Å². The first-order valence-electron chi connectivity index (χ1n) is 5.53. The van der Waals surface area contributed by atoms with Crippen LogP contribution in [-0.4, -0.2) is 35.1 Å². The van der Waals surface area contributed by atoms with Crippen LogP contribution in [0.15, 0.2) is 18.2 Å². The number of carboxylic acid groups (broad SMARTS) is 1. The molecule has 0 saturated carbocycles. The molecule has 20 heavy (non-hydrogen) atoms. The van der Waals surface area contributed by atoms with E-state index >= 15 is 0 Å². The van der Waals surface area contributed by atoms with Crippen LogP contribution in [0, 0.1) is 6.92 Å². The molecule has 110 valence electrons. The number of aliphatic carboxylic acids is 1. The third-order valence-corrected chi connectivity index (χ3v) is 3.07. The molecular formula is C12H13F2NO4S. The van der Waals surface area contributed by atoms with Crippen molar-refractivity contribution in [1.29, 1.82) is 0 Å². The molecule has 0 spiro atoms. The number of alkyl halides is 2. The highest BCUT2D eigenvalue weighted by molar-refractivity contribution is 8.00. The van der Waals surface area contributed by atoms with Gasteiger partial charge in [0.05, 0.1) is 11.5 Å². The minimum atomic E-state index is -2.90. The summed E-state index contributed by atoms with van der Waals surface area (Å²) in [6, 6.07) is 4.15. The summed E-state index contributed by atoms with van der Waals surface area (Å²) >= 11 is 0.971. The van der Waals surface area contributed by atoms with Crippen molar-refractivity contribution in [2.75, 3.05) is 16.8 Å². The molecule has 0 aliphatic carbocycles. The number of benzene rings is 1. The lowest BCUT2D eigenvalue weighted by Gasteiger charge is -2.10. The Morgan fingerprint density at radius 3 is 2.65 bits per heavy atom. The van der Waals surface area contributed by atoms with Crippen molar-refractivity contribution in [2.24, 2.45) is 0 Å². The predicted molar refractivity (Wildman–Crippen MR) is 71.4 cm³/mol. The lowest BCUT2D eigenvalue weighted by atomic mass is 10.2. The molecule has 2 N–H and O–H groups in total. The maximum atomic E-state index is 12.0. The van der Waals surface area contributed by atoms with Crippen molar-refractivity contribution in [2.45, 2.75) is 13.5 Å². The summed E-state index contributed by atoms with van der Waals surface area (Å²) < 4.78 is 28.3. The van der Waals surface area contributed by atoms with Crippen molar-refractivity contribution in [1.82, 2.24) is 0 Å². The van der Waals surface area contributed by atoms with Gasteiger partial charge in [-0.2, -0.15) is 8.78 Å². The molecule has 1 aromatic carbocycles. The van der Waals surface area contributed by atoms with Crippen molar-refractivity contribution < 1.29 is 28.2 Å². The van der Waals surface area contributed by atoms with Gasteiger partial charge in [-0.3, -0.25) is 9.59 Å². The number of amides is 1. The number of nitrogens with one attached hydrogen (secondary N) is 1. The maximum Gasteiger partial charge on any atom is 0.387 e. The maximum absolute atomic E-state index is 12.0. The van der Waals surface area contributed by atoms with Crippen LogP contribution in [0.5, 0.6) is 5.75 Å². The van der Waals surface area contributed by atoms with Gasteiger partial charge < -0.3 is 15.2 Å². The number of anilines is 1. The molecule has 0 unspecified atom stereocenters. The molecule has 0 aliphatic rings. The van der Waals surface area contributed by atoms with E-state index in [1.54, 1.807) is 6.92 Å². The molecule has 0 saturated heterocycles. The van der Waals surface area contributed by atoms with Gasteiger partial charge in [0, 0.05) is 5.69 Å². The number of carboxylic acids is 1. The van der Waals surface area contributed by atoms with E-state index in [9.17, 15) is 18.4 Å².